The minimum absolute atomic E-state index is 0.0738. The van der Waals surface area contributed by atoms with Gasteiger partial charge < -0.3 is 20.6 Å². The number of nitrogens with one attached hydrogen (secondary N) is 2. The van der Waals surface area contributed by atoms with Crippen LogP contribution in [0.15, 0.2) is 42.5 Å². The molecule has 3 N–H and O–H groups in total. The zero-order chi connectivity index (χ0) is 20.6. The molecule has 2 aliphatic rings. The number of hydrogen-bond acceptors (Lipinski definition) is 3. The molecule has 2 aromatic carbocycles. The van der Waals surface area contributed by atoms with Crippen molar-refractivity contribution in [3.05, 3.63) is 59.4 Å². The molecule has 0 spiro atoms. The molecule has 0 aromatic heterocycles. The van der Waals surface area contributed by atoms with Crippen molar-refractivity contribution in [2.75, 3.05) is 25.5 Å². The van der Waals surface area contributed by atoms with E-state index >= 15 is 0 Å². The van der Waals surface area contributed by atoms with Crippen LogP contribution in [0.3, 0.4) is 0 Å². The van der Waals surface area contributed by atoms with Crippen LogP contribution in [0.2, 0.25) is 0 Å². The molecule has 1 saturated heterocycles. The lowest BCUT2D eigenvalue weighted by molar-refractivity contribution is 0.0364. The third kappa shape index (κ3) is 3.69. The van der Waals surface area contributed by atoms with Gasteiger partial charge in [0.05, 0.1) is 0 Å². The smallest absolute Gasteiger partial charge is 0.319 e. The zero-order valence-electron chi connectivity index (χ0n) is 16.9. The highest BCUT2D eigenvalue weighted by molar-refractivity contribution is 5.89. The van der Waals surface area contributed by atoms with E-state index in [4.69, 9.17) is 0 Å². The molecule has 4 rings (SSSR count). The van der Waals surface area contributed by atoms with Gasteiger partial charge in [0, 0.05) is 23.7 Å². The highest BCUT2D eigenvalue weighted by atomic mass is 19.1. The Labute approximate surface area is 170 Å². The van der Waals surface area contributed by atoms with Crippen molar-refractivity contribution < 1.29 is 14.3 Å². The first kappa shape index (κ1) is 19.7. The average Bonchev–Trinajstić information content (AvgIpc) is 2.67. The number of nitrogens with zero attached hydrogens (tertiary/aromatic N) is 1. The quantitative estimate of drug-likeness (QED) is 0.734. The Kier molecular flexibility index (Phi) is 5.21. The Hall–Kier alpha value is -2.60. The first-order valence-corrected chi connectivity index (χ1v) is 10.2. The third-order valence-electron chi connectivity index (χ3n) is 6.92. The van der Waals surface area contributed by atoms with Gasteiger partial charge in [-0.2, -0.15) is 0 Å². The number of anilines is 1. The second-order valence-electron chi connectivity index (χ2n) is 8.43. The number of hydrogen-bond donors (Lipinski definition) is 3. The number of phenolic OH excluding ortho intramolecular Hbond substituents is 1. The van der Waals surface area contributed by atoms with Gasteiger partial charge in [0.15, 0.2) is 0 Å². The van der Waals surface area contributed by atoms with Gasteiger partial charge in [0.2, 0.25) is 0 Å². The van der Waals surface area contributed by atoms with Crippen LogP contribution in [-0.4, -0.2) is 42.2 Å². The van der Waals surface area contributed by atoms with Crippen molar-refractivity contribution in [3.8, 4) is 5.75 Å². The van der Waals surface area contributed by atoms with Gasteiger partial charge in [-0.3, -0.25) is 0 Å². The molecule has 2 aromatic rings. The summed E-state index contributed by atoms with van der Waals surface area (Å²) < 4.78 is 13.3. The molecular formula is C23H28FN3O2. The third-order valence-corrected chi connectivity index (χ3v) is 6.92. The van der Waals surface area contributed by atoms with Gasteiger partial charge in [-0.05, 0) is 80.2 Å². The fraction of sp³-hybridized carbons (Fsp3) is 0.435. The van der Waals surface area contributed by atoms with E-state index in [-0.39, 0.29) is 17.3 Å². The molecule has 0 unspecified atom stereocenters. The summed E-state index contributed by atoms with van der Waals surface area (Å²) in [5.74, 6) is 0.333. The highest BCUT2D eigenvalue weighted by Gasteiger charge is 2.50. The predicted octanol–water partition coefficient (Wildman–Crippen LogP) is 3.88. The van der Waals surface area contributed by atoms with E-state index in [2.05, 4.69) is 29.5 Å². The Balaban J connectivity index is 1.49. The van der Waals surface area contributed by atoms with Crippen molar-refractivity contribution in [2.24, 2.45) is 5.92 Å². The number of urea groups is 1. The van der Waals surface area contributed by atoms with E-state index < -0.39 is 0 Å². The predicted molar refractivity (Wildman–Crippen MR) is 112 cm³/mol. The maximum Gasteiger partial charge on any atom is 0.319 e. The monoisotopic (exact) mass is 397 g/mol. The van der Waals surface area contributed by atoms with Crippen LogP contribution in [0, 0.1) is 11.7 Å². The fourth-order valence-corrected chi connectivity index (χ4v) is 5.29. The number of halogens is 1. The standard InChI is InChI=1S/C23H28FN3O2/c1-15-21-12-16-6-7-19(28)14-20(16)23(15,9-11-27(21)2)8-10-25-22(29)26-18-5-3-4-17(24)13-18/h3-7,13-15,21,28H,8-12H2,1-2H3,(H2,25,26,29)/t15-,21+,23-/m0/s1. The molecule has 29 heavy (non-hydrogen) atoms. The molecule has 1 aliphatic heterocycles. The molecular weight excluding hydrogens is 369 g/mol. The number of aromatic hydroxyl groups is 1. The van der Waals surface area contributed by atoms with Crippen LogP contribution in [-0.2, 0) is 11.8 Å². The number of piperidine rings is 1. The van der Waals surface area contributed by atoms with Crippen molar-refractivity contribution in [2.45, 2.75) is 37.6 Å². The Morgan fingerprint density at radius 2 is 2.14 bits per heavy atom. The summed E-state index contributed by atoms with van der Waals surface area (Å²) in [6.07, 6.45) is 2.78. The number of benzene rings is 2. The molecule has 0 saturated carbocycles. The second-order valence-corrected chi connectivity index (χ2v) is 8.43. The van der Waals surface area contributed by atoms with Crippen LogP contribution in [0.25, 0.3) is 0 Å². The van der Waals surface area contributed by atoms with Crippen molar-refractivity contribution in [1.82, 2.24) is 10.2 Å². The van der Waals surface area contributed by atoms with Crippen molar-refractivity contribution in [1.29, 1.82) is 0 Å². The van der Waals surface area contributed by atoms with Gasteiger partial charge in [0.25, 0.3) is 0 Å². The van der Waals surface area contributed by atoms with E-state index in [0.717, 1.165) is 25.8 Å². The summed E-state index contributed by atoms with van der Waals surface area (Å²) in [6, 6.07) is 11.7. The molecule has 0 radical (unpaired) electrons. The fourth-order valence-electron chi connectivity index (χ4n) is 5.29. The Morgan fingerprint density at radius 3 is 2.93 bits per heavy atom. The SMILES string of the molecule is C[C@H]1[C@H]2Cc3ccc(O)cc3[C@@]1(CCNC(=O)Nc1cccc(F)c1)CCN2C. The van der Waals surface area contributed by atoms with Gasteiger partial charge in [-0.1, -0.05) is 19.1 Å². The highest BCUT2D eigenvalue weighted by Crippen LogP contribution is 2.51. The number of likely N-dealkylation sites (N-methyl/N-ethyl adjacent to an activating group) is 1. The lowest BCUT2D eigenvalue weighted by Gasteiger charge is -2.55. The van der Waals surface area contributed by atoms with Crippen LogP contribution < -0.4 is 10.6 Å². The van der Waals surface area contributed by atoms with Crippen molar-refractivity contribution in [3.63, 3.8) is 0 Å². The topological polar surface area (TPSA) is 64.6 Å². The van der Waals surface area contributed by atoms with Gasteiger partial charge >= 0.3 is 6.03 Å². The van der Waals surface area contributed by atoms with Crippen LogP contribution in [0.5, 0.6) is 5.75 Å². The van der Waals surface area contributed by atoms with Gasteiger partial charge in [-0.25, -0.2) is 9.18 Å². The normalized spacial score (nSPS) is 25.9. The molecule has 6 heteroatoms. The minimum atomic E-state index is -0.383. The summed E-state index contributed by atoms with van der Waals surface area (Å²) >= 11 is 0. The summed E-state index contributed by atoms with van der Waals surface area (Å²) in [5, 5.41) is 15.7. The molecule has 1 fully saturated rings. The lowest BCUT2D eigenvalue weighted by Crippen LogP contribution is -2.58. The van der Waals surface area contributed by atoms with Crippen LogP contribution >= 0.6 is 0 Å². The van der Waals surface area contributed by atoms with Gasteiger partial charge in [0.1, 0.15) is 11.6 Å². The maximum absolute atomic E-state index is 13.3. The Morgan fingerprint density at radius 1 is 1.31 bits per heavy atom. The molecule has 3 atom stereocenters. The number of carbonyl (C=O) groups is 1. The van der Waals surface area contributed by atoms with Crippen molar-refractivity contribution >= 4 is 11.7 Å². The zero-order valence-corrected chi connectivity index (χ0v) is 16.9. The van der Waals surface area contributed by atoms with E-state index in [9.17, 15) is 14.3 Å². The number of rotatable bonds is 4. The number of carbonyl (C=O) groups excluding carboxylic acids is 1. The molecule has 1 aliphatic carbocycles. The summed E-state index contributed by atoms with van der Waals surface area (Å²) in [7, 11) is 2.18. The van der Waals surface area contributed by atoms with E-state index in [1.807, 2.05) is 12.1 Å². The average molecular weight is 397 g/mol. The van der Waals surface area contributed by atoms with Gasteiger partial charge in [-0.15, -0.1) is 0 Å². The molecule has 154 valence electrons. The first-order valence-electron chi connectivity index (χ1n) is 10.2. The van der Waals surface area contributed by atoms with E-state index in [0.29, 0.717) is 29.9 Å². The molecule has 2 amide bonds. The molecule has 2 bridgehead atoms. The summed E-state index contributed by atoms with van der Waals surface area (Å²) in [5.41, 5.74) is 2.87. The second kappa shape index (κ2) is 7.67. The summed E-state index contributed by atoms with van der Waals surface area (Å²) in [6.45, 7) is 3.80. The summed E-state index contributed by atoms with van der Waals surface area (Å²) in [4.78, 5) is 14.7. The molecule has 1 heterocycles. The number of phenols is 1. The van der Waals surface area contributed by atoms with Crippen LogP contribution in [0.4, 0.5) is 14.9 Å². The number of fused-ring (bicyclic) bond motifs is 4. The van der Waals surface area contributed by atoms with E-state index in [1.54, 1.807) is 18.2 Å². The first-order chi connectivity index (χ1) is 13.9. The van der Waals surface area contributed by atoms with Crippen LogP contribution in [0.1, 0.15) is 30.9 Å². The Bertz CT molecular complexity index is 919. The lowest BCUT2D eigenvalue weighted by atomic mass is 9.56. The largest absolute Gasteiger partial charge is 0.508 e. The van der Waals surface area contributed by atoms with E-state index in [1.165, 1.54) is 23.3 Å². The minimum Gasteiger partial charge on any atom is -0.508 e. The molecule has 5 nitrogen and oxygen atoms in total. The number of amides is 2. The maximum atomic E-state index is 13.3. The number of likely N-dealkylation sites (tertiary alicyclic amines) is 1.